The van der Waals surface area contributed by atoms with Crippen LogP contribution in [0.15, 0.2) is 12.1 Å². The van der Waals surface area contributed by atoms with E-state index in [4.69, 9.17) is 4.74 Å². The van der Waals surface area contributed by atoms with Gasteiger partial charge in [0.25, 0.3) is 0 Å². The van der Waals surface area contributed by atoms with Crippen LogP contribution in [0.3, 0.4) is 0 Å². The number of fused-ring (bicyclic) bond motifs is 5. The Kier molecular flexibility index (Phi) is 4.69. The van der Waals surface area contributed by atoms with Crippen LogP contribution in [0.5, 0.6) is 5.75 Å². The van der Waals surface area contributed by atoms with E-state index < -0.39 is 28.9 Å². The minimum absolute atomic E-state index is 0.0859. The maximum Gasteiger partial charge on any atom is 0.311 e. The number of hydrogen-bond acceptors (Lipinski definition) is 8. The van der Waals surface area contributed by atoms with Gasteiger partial charge in [-0.15, -0.1) is 0 Å². The first-order valence-corrected chi connectivity index (χ1v) is 9.42. The molecule has 6 atom stereocenters. The van der Waals surface area contributed by atoms with Gasteiger partial charge in [-0.05, 0) is 25.5 Å². The summed E-state index contributed by atoms with van der Waals surface area (Å²) in [6.07, 6.45) is 0.775. The average molecular weight is 402 g/mol. The Bertz CT molecular complexity index is 915. The van der Waals surface area contributed by atoms with Crippen molar-refractivity contribution in [1.29, 1.82) is 5.26 Å². The quantitative estimate of drug-likeness (QED) is 0.545. The van der Waals surface area contributed by atoms with Crippen LogP contribution in [0.4, 0.5) is 5.69 Å². The number of carboxylic acid groups (broad SMARTS) is 1. The van der Waals surface area contributed by atoms with Crippen LogP contribution in [-0.2, 0) is 11.2 Å². The Morgan fingerprint density at radius 2 is 2.17 bits per heavy atom. The zero-order valence-electron chi connectivity index (χ0n) is 16.1. The van der Waals surface area contributed by atoms with Crippen LogP contribution in [-0.4, -0.2) is 75.8 Å². The molecule has 3 aliphatic heterocycles. The molecule has 29 heavy (non-hydrogen) atoms. The fourth-order valence-electron chi connectivity index (χ4n) is 5.68. The molecule has 3 aliphatic rings. The number of ether oxygens (including phenoxy) is 1. The maximum absolute atomic E-state index is 11.9. The summed E-state index contributed by atoms with van der Waals surface area (Å²) in [5.74, 6) is -1.42. The fraction of sp³-hybridized carbons (Fsp3) is 0.579. The Labute approximate surface area is 167 Å². The lowest BCUT2D eigenvalue weighted by molar-refractivity contribution is -0.385. The number of nitriles is 1. The lowest BCUT2D eigenvalue weighted by Gasteiger charge is -2.54. The molecule has 10 nitrogen and oxygen atoms in total. The number of nitro groups is 1. The smallest absolute Gasteiger partial charge is 0.311 e. The minimum atomic E-state index is -0.893. The third kappa shape index (κ3) is 2.62. The molecule has 2 bridgehead atoms. The number of benzene rings is 1. The minimum Gasteiger partial charge on any atom is -0.490 e. The summed E-state index contributed by atoms with van der Waals surface area (Å²) in [5.41, 5.74) is 1.08. The van der Waals surface area contributed by atoms with Crippen molar-refractivity contribution in [3.63, 3.8) is 0 Å². The van der Waals surface area contributed by atoms with E-state index in [1.165, 1.54) is 13.2 Å². The van der Waals surface area contributed by atoms with Crippen LogP contribution < -0.4 is 4.74 Å². The van der Waals surface area contributed by atoms with Gasteiger partial charge in [-0.3, -0.25) is 24.7 Å². The van der Waals surface area contributed by atoms with E-state index in [1.54, 1.807) is 6.07 Å². The van der Waals surface area contributed by atoms with Gasteiger partial charge in [0.05, 0.1) is 36.7 Å². The van der Waals surface area contributed by atoms with Crippen molar-refractivity contribution < 1.29 is 24.7 Å². The molecule has 0 saturated carbocycles. The van der Waals surface area contributed by atoms with Gasteiger partial charge in [0.15, 0.2) is 0 Å². The van der Waals surface area contributed by atoms with Gasteiger partial charge in [-0.1, -0.05) is 6.07 Å². The molecule has 1 aromatic carbocycles. The zero-order valence-corrected chi connectivity index (χ0v) is 16.1. The predicted octanol–water partition coefficient (Wildman–Crippen LogP) is 0.543. The largest absolute Gasteiger partial charge is 0.490 e. The van der Waals surface area contributed by atoms with Crippen molar-refractivity contribution in [1.82, 2.24) is 9.80 Å². The molecule has 0 radical (unpaired) electrons. The van der Waals surface area contributed by atoms with Gasteiger partial charge >= 0.3 is 11.7 Å². The van der Waals surface area contributed by atoms with Crippen molar-refractivity contribution in [2.24, 2.45) is 5.92 Å². The third-order valence-corrected chi connectivity index (χ3v) is 6.77. The molecule has 10 heteroatoms. The molecule has 1 aromatic rings. The Hall–Kier alpha value is -2.74. The molecule has 0 aromatic heterocycles. The zero-order chi connectivity index (χ0) is 21.0. The fourth-order valence-corrected chi connectivity index (χ4v) is 5.68. The second kappa shape index (κ2) is 6.95. The number of aliphatic hydroxyl groups excluding tert-OH is 1. The third-order valence-electron chi connectivity index (χ3n) is 6.77. The summed E-state index contributed by atoms with van der Waals surface area (Å²) >= 11 is 0. The number of carboxylic acids is 1. The highest BCUT2D eigenvalue weighted by atomic mass is 16.6. The van der Waals surface area contributed by atoms with Gasteiger partial charge < -0.3 is 14.9 Å². The number of aliphatic carboxylic acids is 1. The number of piperazine rings is 1. The average Bonchev–Trinajstić information content (AvgIpc) is 2.95. The number of likely N-dealkylation sites (N-methyl/N-ethyl adjacent to an activating group) is 1. The monoisotopic (exact) mass is 402 g/mol. The summed E-state index contributed by atoms with van der Waals surface area (Å²) in [6.45, 7) is -0.361. The molecular weight excluding hydrogens is 380 g/mol. The first-order chi connectivity index (χ1) is 13.8. The molecule has 2 N–H and O–H groups in total. The molecule has 2 saturated heterocycles. The summed E-state index contributed by atoms with van der Waals surface area (Å²) in [5, 5.41) is 41.4. The molecule has 2 fully saturated rings. The SMILES string of the molecule is COc1c([N+](=O)[O-])ccc2c1[C@H](CO)N1C(C#N)[C@@H]3C[C@@H](C(=O)O)[C@H]([C@@H]1C2)N3C. The second-order valence-corrected chi connectivity index (χ2v) is 7.84. The van der Waals surface area contributed by atoms with Crippen LogP contribution in [0.1, 0.15) is 23.6 Å². The van der Waals surface area contributed by atoms with Crippen LogP contribution in [0.25, 0.3) is 0 Å². The molecule has 0 spiro atoms. The topological polar surface area (TPSA) is 140 Å². The van der Waals surface area contributed by atoms with Gasteiger partial charge in [-0.25, -0.2) is 0 Å². The van der Waals surface area contributed by atoms with Gasteiger partial charge in [0, 0.05) is 29.8 Å². The van der Waals surface area contributed by atoms with Gasteiger partial charge in [0.1, 0.15) is 6.04 Å². The van der Waals surface area contributed by atoms with Crippen molar-refractivity contribution in [3.05, 3.63) is 33.4 Å². The van der Waals surface area contributed by atoms with Crippen molar-refractivity contribution >= 4 is 11.7 Å². The highest BCUT2D eigenvalue weighted by molar-refractivity contribution is 5.72. The van der Waals surface area contributed by atoms with E-state index in [0.29, 0.717) is 18.4 Å². The molecule has 4 rings (SSSR count). The number of nitrogens with zero attached hydrogens (tertiary/aromatic N) is 4. The van der Waals surface area contributed by atoms with Gasteiger partial charge in [-0.2, -0.15) is 5.26 Å². The lowest BCUT2D eigenvalue weighted by atomic mass is 9.80. The Balaban J connectivity index is 1.90. The predicted molar refractivity (Wildman–Crippen MR) is 99.3 cm³/mol. The standard InChI is InChI=1S/C19H22N4O6/c1-21-12-6-10(19(25)26)17(21)13-5-9-3-4-11(23(27)28)18(29-2)16(9)15(8-24)22(13)14(12)7-20/h3-4,10,12-15,17,24H,5-6,8H2,1-2H3,(H,25,26)/t10-,12+,13+,14?,15+,17-/m1/s1. The summed E-state index contributed by atoms with van der Waals surface area (Å²) < 4.78 is 5.37. The highest BCUT2D eigenvalue weighted by Gasteiger charge is 2.60. The summed E-state index contributed by atoms with van der Waals surface area (Å²) in [7, 11) is 3.19. The Morgan fingerprint density at radius 1 is 1.45 bits per heavy atom. The normalized spacial score (nSPS) is 33.4. The first-order valence-electron chi connectivity index (χ1n) is 9.42. The van der Waals surface area contributed by atoms with E-state index in [1.807, 2.05) is 16.8 Å². The van der Waals surface area contributed by atoms with E-state index in [9.17, 15) is 30.4 Å². The van der Waals surface area contributed by atoms with Crippen molar-refractivity contribution in [2.45, 2.75) is 43.1 Å². The maximum atomic E-state index is 11.9. The Morgan fingerprint density at radius 3 is 2.72 bits per heavy atom. The van der Waals surface area contributed by atoms with E-state index in [-0.39, 0.29) is 36.2 Å². The molecule has 0 amide bonds. The van der Waals surface area contributed by atoms with Crippen molar-refractivity contribution in [2.75, 3.05) is 20.8 Å². The number of carbonyl (C=O) groups is 1. The molecule has 0 aliphatic carbocycles. The lowest BCUT2D eigenvalue weighted by Crippen LogP contribution is -2.67. The van der Waals surface area contributed by atoms with E-state index in [2.05, 4.69) is 6.07 Å². The van der Waals surface area contributed by atoms with Crippen LogP contribution in [0.2, 0.25) is 0 Å². The first kappa shape index (κ1) is 19.6. The van der Waals surface area contributed by atoms with Crippen molar-refractivity contribution in [3.8, 4) is 11.8 Å². The summed E-state index contributed by atoms with van der Waals surface area (Å²) in [6, 6.07) is 3.09. The number of aliphatic hydroxyl groups is 1. The number of rotatable bonds is 4. The second-order valence-electron chi connectivity index (χ2n) is 7.84. The summed E-state index contributed by atoms with van der Waals surface area (Å²) in [4.78, 5) is 26.7. The molecule has 3 heterocycles. The molecular formula is C19H22N4O6. The van der Waals surface area contributed by atoms with E-state index >= 15 is 0 Å². The molecule has 1 unspecified atom stereocenters. The van der Waals surface area contributed by atoms with Gasteiger partial charge in [0.2, 0.25) is 5.75 Å². The number of hydrogen-bond donors (Lipinski definition) is 2. The highest BCUT2D eigenvalue weighted by Crippen LogP contribution is 2.51. The number of nitro benzene ring substituents is 1. The van der Waals surface area contributed by atoms with Crippen LogP contribution >= 0.6 is 0 Å². The van der Waals surface area contributed by atoms with E-state index in [0.717, 1.165) is 5.56 Å². The molecule has 154 valence electrons. The van der Waals surface area contributed by atoms with Crippen LogP contribution in [0, 0.1) is 27.4 Å². The number of methoxy groups -OCH3 is 1.